The highest BCUT2D eigenvalue weighted by molar-refractivity contribution is 5.95. The number of piperazine rings is 1. The smallest absolute Gasteiger partial charge is 0.243 e. The minimum absolute atomic E-state index is 0.0140. The van der Waals surface area contributed by atoms with Crippen molar-refractivity contribution in [3.63, 3.8) is 0 Å². The van der Waals surface area contributed by atoms with Gasteiger partial charge in [0.25, 0.3) is 0 Å². The molecule has 0 bridgehead atoms. The van der Waals surface area contributed by atoms with Crippen LogP contribution in [0.5, 0.6) is 0 Å². The first-order chi connectivity index (χ1) is 9.93. The highest BCUT2D eigenvalue weighted by atomic mass is 19.1. The fourth-order valence-corrected chi connectivity index (χ4v) is 2.63. The van der Waals surface area contributed by atoms with Gasteiger partial charge in [-0.25, -0.2) is 4.39 Å². The molecule has 2 unspecified atom stereocenters. The van der Waals surface area contributed by atoms with E-state index in [9.17, 15) is 14.0 Å². The fraction of sp³-hybridized carbons (Fsp3) is 0.500. The van der Waals surface area contributed by atoms with Crippen molar-refractivity contribution in [2.75, 3.05) is 6.54 Å². The first kappa shape index (κ1) is 15.5. The average molecular weight is 292 g/mol. The third-order valence-electron chi connectivity index (χ3n) is 4.17. The van der Waals surface area contributed by atoms with Crippen molar-refractivity contribution >= 4 is 11.8 Å². The van der Waals surface area contributed by atoms with Crippen LogP contribution < -0.4 is 5.32 Å². The van der Waals surface area contributed by atoms with Crippen LogP contribution in [-0.4, -0.2) is 29.3 Å². The summed E-state index contributed by atoms with van der Waals surface area (Å²) >= 11 is 0. The standard InChI is InChI=1S/C16H21FN2O2/c1-4-10(2)15-16(21)18-8-14(20)19(15)9-12-7-13(17)6-5-11(12)3/h5-7,10,15H,4,8-9H2,1-3H3,(H,18,21). The number of rotatable bonds is 4. The summed E-state index contributed by atoms with van der Waals surface area (Å²) in [6, 6.07) is 4.04. The molecule has 0 aliphatic carbocycles. The predicted octanol–water partition coefficient (Wildman–Crippen LogP) is 2.01. The van der Waals surface area contributed by atoms with Gasteiger partial charge in [-0.05, 0) is 36.1 Å². The Balaban J connectivity index is 2.30. The molecular formula is C16H21FN2O2. The minimum Gasteiger partial charge on any atom is -0.345 e. The predicted molar refractivity (Wildman–Crippen MR) is 77.9 cm³/mol. The monoisotopic (exact) mass is 292 g/mol. The molecule has 0 saturated carbocycles. The zero-order chi connectivity index (χ0) is 15.6. The van der Waals surface area contributed by atoms with Crippen molar-refractivity contribution in [2.24, 2.45) is 5.92 Å². The summed E-state index contributed by atoms with van der Waals surface area (Å²) in [7, 11) is 0. The second kappa shape index (κ2) is 6.24. The summed E-state index contributed by atoms with van der Waals surface area (Å²) in [5.41, 5.74) is 1.66. The van der Waals surface area contributed by atoms with Gasteiger partial charge in [0.15, 0.2) is 0 Å². The van der Waals surface area contributed by atoms with Crippen LogP contribution in [0.25, 0.3) is 0 Å². The number of aryl methyl sites for hydroxylation is 1. The number of carbonyl (C=O) groups is 2. The van der Waals surface area contributed by atoms with E-state index in [1.165, 1.54) is 12.1 Å². The molecule has 4 nitrogen and oxygen atoms in total. The van der Waals surface area contributed by atoms with Crippen molar-refractivity contribution in [2.45, 2.75) is 39.8 Å². The third kappa shape index (κ3) is 3.23. The molecule has 2 rings (SSSR count). The van der Waals surface area contributed by atoms with E-state index in [-0.39, 0.29) is 36.6 Å². The Hall–Kier alpha value is -1.91. The molecular weight excluding hydrogens is 271 g/mol. The van der Waals surface area contributed by atoms with E-state index < -0.39 is 6.04 Å². The number of carbonyl (C=O) groups excluding carboxylic acids is 2. The van der Waals surface area contributed by atoms with Crippen molar-refractivity contribution in [3.8, 4) is 0 Å². The van der Waals surface area contributed by atoms with Gasteiger partial charge in [0.1, 0.15) is 11.9 Å². The van der Waals surface area contributed by atoms with Crippen molar-refractivity contribution in [3.05, 3.63) is 35.1 Å². The summed E-state index contributed by atoms with van der Waals surface area (Å²) < 4.78 is 13.4. The first-order valence-electron chi connectivity index (χ1n) is 7.26. The zero-order valence-electron chi connectivity index (χ0n) is 12.6. The number of nitrogens with one attached hydrogen (secondary N) is 1. The molecule has 2 atom stereocenters. The maximum Gasteiger partial charge on any atom is 0.243 e. The van der Waals surface area contributed by atoms with Crippen LogP contribution in [0.3, 0.4) is 0 Å². The highest BCUT2D eigenvalue weighted by Crippen LogP contribution is 2.22. The molecule has 0 aromatic heterocycles. The van der Waals surface area contributed by atoms with Gasteiger partial charge < -0.3 is 10.2 Å². The quantitative estimate of drug-likeness (QED) is 0.923. The molecule has 1 aromatic carbocycles. The SMILES string of the molecule is CCC(C)C1C(=O)NCC(=O)N1Cc1cc(F)ccc1C. The van der Waals surface area contributed by atoms with Gasteiger partial charge in [-0.3, -0.25) is 9.59 Å². The third-order valence-corrected chi connectivity index (χ3v) is 4.17. The van der Waals surface area contributed by atoms with Crippen LogP contribution in [0, 0.1) is 18.7 Å². The van der Waals surface area contributed by atoms with Gasteiger partial charge in [-0.2, -0.15) is 0 Å². The number of halogens is 1. The number of hydrogen-bond donors (Lipinski definition) is 1. The van der Waals surface area contributed by atoms with Gasteiger partial charge in [0, 0.05) is 6.54 Å². The molecule has 21 heavy (non-hydrogen) atoms. The lowest BCUT2D eigenvalue weighted by Crippen LogP contribution is -2.60. The minimum atomic E-state index is -0.487. The molecule has 2 amide bonds. The Kier molecular flexibility index (Phi) is 4.60. The Morgan fingerprint density at radius 2 is 2.14 bits per heavy atom. The van der Waals surface area contributed by atoms with E-state index >= 15 is 0 Å². The summed E-state index contributed by atoms with van der Waals surface area (Å²) in [5.74, 6) is -0.519. The number of nitrogens with zero attached hydrogens (tertiary/aromatic N) is 1. The van der Waals surface area contributed by atoms with Crippen molar-refractivity contribution < 1.29 is 14.0 Å². The highest BCUT2D eigenvalue weighted by Gasteiger charge is 2.37. The molecule has 5 heteroatoms. The summed E-state index contributed by atoms with van der Waals surface area (Å²) in [6.45, 7) is 6.10. The van der Waals surface area contributed by atoms with Crippen LogP contribution in [0.4, 0.5) is 4.39 Å². The maximum atomic E-state index is 13.4. The Bertz CT molecular complexity index is 559. The van der Waals surface area contributed by atoms with Crippen LogP contribution >= 0.6 is 0 Å². The Labute approximate surface area is 124 Å². The fourth-order valence-electron chi connectivity index (χ4n) is 2.63. The molecule has 0 spiro atoms. The van der Waals surface area contributed by atoms with E-state index in [1.54, 1.807) is 11.0 Å². The zero-order valence-corrected chi connectivity index (χ0v) is 12.6. The molecule has 1 fully saturated rings. The van der Waals surface area contributed by atoms with Crippen LogP contribution in [0.2, 0.25) is 0 Å². The lowest BCUT2D eigenvalue weighted by molar-refractivity contribution is -0.148. The Morgan fingerprint density at radius 1 is 1.43 bits per heavy atom. The number of benzene rings is 1. The normalized spacial score (nSPS) is 20.4. The average Bonchev–Trinajstić information content (AvgIpc) is 2.46. The second-order valence-corrected chi connectivity index (χ2v) is 5.64. The van der Waals surface area contributed by atoms with Crippen molar-refractivity contribution in [1.82, 2.24) is 10.2 Å². The molecule has 0 radical (unpaired) electrons. The summed E-state index contributed by atoms with van der Waals surface area (Å²) in [6.07, 6.45) is 0.796. The van der Waals surface area contributed by atoms with Gasteiger partial charge in [-0.1, -0.05) is 26.3 Å². The molecule has 1 aliphatic rings. The van der Waals surface area contributed by atoms with E-state index in [4.69, 9.17) is 0 Å². The lowest BCUT2D eigenvalue weighted by atomic mass is 9.94. The summed E-state index contributed by atoms with van der Waals surface area (Å²) in [5, 5.41) is 2.63. The van der Waals surface area contributed by atoms with Gasteiger partial charge in [0.2, 0.25) is 11.8 Å². The lowest BCUT2D eigenvalue weighted by Gasteiger charge is -2.38. The number of hydrogen-bond acceptors (Lipinski definition) is 2. The largest absolute Gasteiger partial charge is 0.345 e. The van der Waals surface area contributed by atoms with E-state index in [2.05, 4.69) is 5.32 Å². The van der Waals surface area contributed by atoms with Crippen LogP contribution in [0.15, 0.2) is 18.2 Å². The van der Waals surface area contributed by atoms with Crippen molar-refractivity contribution in [1.29, 1.82) is 0 Å². The van der Waals surface area contributed by atoms with Crippen LogP contribution in [-0.2, 0) is 16.1 Å². The molecule has 1 saturated heterocycles. The molecule has 1 N–H and O–H groups in total. The van der Waals surface area contributed by atoms with Gasteiger partial charge >= 0.3 is 0 Å². The molecule has 114 valence electrons. The summed E-state index contributed by atoms with van der Waals surface area (Å²) in [4.78, 5) is 25.9. The second-order valence-electron chi connectivity index (χ2n) is 5.64. The van der Waals surface area contributed by atoms with Gasteiger partial charge in [0.05, 0.1) is 6.54 Å². The van der Waals surface area contributed by atoms with Gasteiger partial charge in [-0.15, -0.1) is 0 Å². The van der Waals surface area contributed by atoms with E-state index in [0.717, 1.165) is 17.5 Å². The number of amides is 2. The first-order valence-corrected chi connectivity index (χ1v) is 7.26. The van der Waals surface area contributed by atoms with E-state index in [0.29, 0.717) is 0 Å². The topological polar surface area (TPSA) is 49.4 Å². The van der Waals surface area contributed by atoms with E-state index in [1.807, 2.05) is 20.8 Å². The maximum absolute atomic E-state index is 13.4. The molecule has 1 heterocycles. The molecule has 1 aliphatic heterocycles. The Morgan fingerprint density at radius 3 is 2.81 bits per heavy atom. The molecule has 1 aromatic rings. The van der Waals surface area contributed by atoms with Crippen LogP contribution in [0.1, 0.15) is 31.4 Å².